The van der Waals surface area contributed by atoms with Crippen molar-refractivity contribution in [2.24, 2.45) is 50.7 Å². The van der Waals surface area contributed by atoms with Gasteiger partial charge in [0, 0.05) is 0 Å². The number of fused-ring (bicyclic) bond motifs is 7. The molecule has 5 aliphatic rings. The summed E-state index contributed by atoms with van der Waals surface area (Å²) in [5.74, 6) is 1.28. The third-order valence-corrected chi connectivity index (χ3v) is 12.6. The average molecular weight is 443 g/mol. The first-order chi connectivity index (χ1) is 14.8. The lowest BCUT2D eigenvalue weighted by Gasteiger charge is -2.70. The van der Waals surface area contributed by atoms with Crippen LogP contribution in [0.3, 0.4) is 0 Å². The fourth-order valence-corrected chi connectivity index (χ4v) is 10.2. The molecular weight excluding hydrogens is 396 g/mol. The molecule has 0 saturated heterocycles. The number of aliphatic carboxylic acids is 1. The Balaban J connectivity index is 1.59. The van der Waals surface area contributed by atoms with Crippen molar-refractivity contribution >= 4 is 5.97 Å². The van der Waals surface area contributed by atoms with Crippen molar-refractivity contribution in [2.75, 3.05) is 0 Å². The van der Waals surface area contributed by atoms with E-state index in [9.17, 15) is 15.0 Å². The Kier molecular flexibility index (Phi) is 4.92. The lowest BCUT2D eigenvalue weighted by atomic mass is 9.34. The Labute approximate surface area is 195 Å². The topological polar surface area (TPSA) is 57.5 Å². The molecule has 9 atom stereocenters. The van der Waals surface area contributed by atoms with Crippen LogP contribution in [-0.2, 0) is 4.79 Å². The smallest absolute Gasteiger partial charge is 0.310 e. The third-order valence-electron chi connectivity index (χ3n) is 12.6. The van der Waals surface area contributed by atoms with Crippen LogP contribution in [0.4, 0.5) is 0 Å². The van der Waals surface area contributed by atoms with Crippen LogP contribution in [0.25, 0.3) is 0 Å². The van der Waals surface area contributed by atoms with Gasteiger partial charge in [-0.05, 0) is 110 Å². The number of hydrogen-bond donors (Lipinski definition) is 2. The monoisotopic (exact) mass is 442 g/mol. The van der Waals surface area contributed by atoms with Gasteiger partial charge in [-0.2, -0.15) is 0 Å². The molecule has 2 N–H and O–H groups in total. The Hall–Kier alpha value is -0.830. The molecule has 32 heavy (non-hydrogen) atoms. The molecule has 4 fully saturated rings. The molecule has 0 aromatic rings. The van der Waals surface area contributed by atoms with Gasteiger partial charge in [0.1, 0.15) is 0 Å². The van der Waals surface area contributed by atoms with Gasteiger partial charge in [0.15, 0.2) is 0 Å². The molecule has 0 aliphatic heterocycles. The van der Waals surface area contributed by atoms with E-state index in [0.29, 0.717) is 17.8 Å². The van der Waals surface area contributed by atoms with E-state index in [1.165, 1.54) is 18.4 Å². The van der Waals surface area contributed by atoms with E-state index in [4.69, 9.17) is 0 Å². The van der Waals surface area contributed by atoms with Crippen LogP contribution < -0.4 is 0 Å². The van der Waals surface area contributed by atoms with Gasteiger partial charge in [-0.25, -0.2) is 0 Å². The van der Waals surface area contributed by atoms with E-state index in [0.717, 1.165) is 51.4 Å². The fraction of sp³-hybridized carbons (Fsp3) is 0.897. The second-order valence-corrected chi connectivity index (χ2v) is 14.2. The number of aliphatic hydroxyl groups is 1. The van der Waals surface area contributed by atoms with Gasteiger partial charge in [-0.3, -0.25) is 4.79 Å². The average Bonchev–Trinajstić information content (AvgIpc) is 2.71. The highest BCUT2D eigenvalue weighted by Gasteiger charge is 2.68. The summed E-state index contributed by atoms with van der Waals surface area (Å²) in [6.07, 6.45) is 12.8. The van der Waals surface area contributed by atoms with Crippen LogP contribution in [0.1, 0.15) is 106 Å². The number of carboxylic acids is 1. The first kappa shape index (κ1) is 22.9. The SMILES string of the molecule is CC1[C@@H](O)CCC2(C)C3CC=C4C5CC(C)(C)CCC5(C(=O)O)CC[C@@]4(C)[C@@]3(C)CC[C@@H]12. The second-order valence-electron chi connectivity index (χ2n) is 14.2. The number of allylic oxidation sites excluding steroid dienone is 2. The standard InChI is InChI=1S/C29H46O3/c1-18-19-9-12-28(6)23(26(19,4)11-10-22(18)30)8-7-20-21-17-25(2,3)13-15-29(21,24(31)32)16-14-27(20,28)5/h7,18-19,21-23,30H,8-17H2,1-6H3,(H,31,32)/t18?,19-,21?,22-,23?,26?,27+,28-,29?/m0/s1. The molecule has 0 heterocycles. The minimum Gasteiger partial charge on any atom is -0.481 e. The summed E-state index contributed by atoms with van der Waals surface area (Å²) in [5, 5.41) is 21.1. The van der Waals surface area contributed by atoms with Crippen molar-refractivity contribution in [3.8, 4) is 0 Å². The van der Waals surface area contributed by atoms with Gasteiger partial charge in [0.05, 0.1) is 11.5 Å². The zero-order valence-electron chi connectivity index (χ0n) is 21.3. The predicted molar refractivity (Wildman–Crippen MR) is 128 cm³/mol. The molecule has 0 amide bonds. The van der Waals surface area contributed by atoms with E-state index in [1.54, 1.807) is 0 Å². The van der Waals surface area contributed by atoms with Crippen molar-refractivity contribution < 1.29 is 15.0 Å². The van der Waals surface area contributed by atoms with Crippen LogP contribution in [0, 0.1) is 50.7 Å². The maximum atomic E-state index is 12.7. The summed E-state index contributed by atoms with van der Waals surface area (Å²) < 4.78 is 0. The number of rotatable bonds is 1. The maximum absolute atomic E-state index is 12.7. The van der Waals surface area contributed by atoms with E-state index in [-0.39, 0.29) is 33.7 Å². The molecule has 0 aromatic carbocycles. The lowest BCUT2D eigenvalue weighted by molar-refractivity contribution is -0.187. The molecule has 0 spiro atoms. The summed E-state index contributed by atoms with van der Waals surface area (Å²) in [5.41, 5.74) is 1.79. The minimum atomic E-state index is -0.547. The van der Waals surface area contributed by atoms with E-state index >= 15 is 0 Å². The van der Waals surface area contributed by atoms with Crippen molar-refractivity contribution in [2.45, 2.75) is 112 Å². The highest BCUT2D eigenvalue weighted by molar-refractivity contribution is 5.76. The predicted octanol–water partition coefficient (Wildman–Crippen LogP) is 6.84. The van der Waals surface area contributed by atoms with Crippen LogP contribution in [-0.4, -0.2) is 22.3 Å². The third kappa shape index (κ3) is 2.72. The highest BCUT2D eigenvalue weighted by atomic mass is 16.4. The van der Waals surface area contributed by atoms with Crippen LogP contribution in [0.2, 0.25) is 0 Å². The van der Waals surface area contributed by atoms with Crippen molar-refractivity contribution in [3.05, 3.63) is 11.6 Å². The highest BCUT2D eigenvalue weighted by Crippen LogP contribution is 2.74. The van der Waals surface area contributed by atoms with Crippen molar-refractivity contribution in [1.29, 1.82) is 0 Å². The summed E-state index contributed by atoms with van der Waals surface area (Å²) in [7, 11) is 0. The summed E-state index contributed by atoms with van der Waals surface area (Å²) in [6, 6.07) is 0. The molecule has 3 heteroatoms. The largest absolute Gasteiger partial charge is 0.481 e. The quantitative estimate of drug-likeness (QED) is 0.437. The van der Waals surface area contributed by atoms with Gasteiger partial charge in [-0.1, -0.05) is 53.2 Å². The van der Waals surface area contributed by atoms with Crippen LogP contribution in [0.5, 0.6) is 0 Å². The Morgan fingerprint density at radius 1 is 0.969 bits per heavy atom. The van der Waals surface area contributed by atoms with Crippen LogP contribution in [0.15, 0.2) is 11.6 Å². The first-order valence-corrected chi connectivity index (χ1v) is 13.4. The lowest BCUT2D eigenvalue weighted by Crippen LogP contribution is -2.63. The Morgan fingerprint density at radius 3 is 2.34 bits per heavy atom. The van der Waals surface area contributed by atoms with Crippen LogP contribution >= 0.6 is 0 Å². The molecule has 180 valence electrons. The fourth-order valence-electron chi connectivity index (χ4n) is 10.2. The molecule has 0 bridgehead atoms. The number of carboxylic acid groups (broad SMARTS) is 1. The van der Waals surface area contributed by atoms with Crippen molar-refractivity contribution in [1.82, 2.24) is 0 Å². The number of carbonyl (C=O) groups is 1. The van der Waals surface area contributed by atoms with Gasteiger partial charge in [-0.15, -0.1) is 0 Å². The Bertz CT molecular complexity index is 843. The van der Waals surface area contributed by atoms with Gasteiger partial charge < -0.3 is 10.2 Å². The number of aliphatic hydroxyl groups excluding tert-OH is 1. The minimum absolute atomic E-state index is 0.0975. The molecule has 5 aliphatic carbocycles. The van der Waals surface area contributed by atoms with Gasteiger partial charge >= 0.3 is 5.97 Å². The first-order valence-electron chi connectivity index (χ1n) is 13.4. The van der Waals surface area contributed by atoms with Crippen molar-refractivity contribution in [3.63, 3.8) is 0 Å². The maximum Gasteiger partial charge on any atom is 0.310 e. The summed E-state index contributed by atoms with van der Waals surface area (Å²) in [4.78, 5) is 12.7. The van der Waals surface area contributed by atoms with E-state index in [1.807, 2.05) is 0 Å². The second kappa shape index (κ2) is 6.86. The Morgan fingerprint density at radius 2 is 1.66 bits per heavy atom. The normalized spacial score (nSPS) is 54.3. The molecular formula is C29H46O3. The molecule has 4 saturated carbocycles. The van der Waals surface area contributed by atoms with Gasteiger partial charge in [0.2, 0.25) is 0 Å². The molecule has 5 rings (SSSR count). The van der Waals surface area contributed by atoms with Gasteiger partial charge in [0.25, 0.3) is 0 Å². The molecule has 0 aromatic heterocycles. The summed E-state index contributed by atoms with van der Waals surface area (Å²) >= 11 is 0. The van der Waals surface area contributed by atoms with E-state index < -0.39 is 11.4 Å². The zero-order valence-corrected chi connectivity index (χ0v) is 21.3. The molecule has 3 nitrogen and oxygen atoms in total. The van der Waals surface area contributed by atoms with E-state index in [2.05, 4.69) is 47.6 Å². The number of hydrogen-bond acceptors (Lipinski definition) is 2. The molecule has 0 radical (unpaired) electrons. The zero-order chi connectivity index (χ0) is 23.3. The molecule has 5 unspecified atom stereocenters. The summed E-state index contributed by atoms with van der Waals surface area (Å²) in [6.45, 7) is 14.6.